The second kappa shape index (κ2) is 8.18. The molecule has 1 amide bonds. The first-order valence-corrected chi connectivity index (χ1v) is 11.8. The number of rotatable bonds is 6. The van der Waals surface area contributed by atoms with Gasteiger partial charge in [0.05, 0.1) is 18.0 Å². The molecule has 27 heavy (non-hydrogen) atoms. The number of hydrogen-bond donors (Lipinski definition) is 1. The summed E-state index contributed by atoms with van der Waals surface area (Å²) < 4.78 is 26.5. The van der Waals surface area contributed by atoms with E-state index in [0.717, 1.165) is 32.5 Å². The van der Waals surface area contributed by atoms with Crippen LogP contribution in [0.5, 0.6) is 0 Å². The number of halogens is 1. The molecule has 0 spiro atoms. The Bertz CT molecular complexity index is 942. The lowest BCUT2D eigenvalue weighted by molar-refractivity contribution is -0.120. The lowest BCUT2D eigenvalue weighted by Gasteiger charge is -2.23. The maximum atomic E-state index is 12.5. The normalized spacial score (nSPS) is 14.5. The van der Waals surface area contributed by atoms with Crippen molar-refractivity contribution >= 4 is 44.2 Å². The summed E-state index contributed by atoms with van der Waals surface area (Å²) in [6.07, 6.45) is 4.50. The average molecular weight is 498 g/mol. The molecule has 0 heterocycles. The van der Waals surface area contributed by atoms with Crippen LogP contribution in [-0.2, 0) is 27.7 Å². The van der Waals surface area contributed by atoms with E-state index in [1.165, 1.54) is 17.5 Å². The lowest BCUT2D eigenvalue weighted by Crippen LogP contribution is -2.41. The summed E-state index contributed by atoms with van der Waals surface area (Å²) in [7, 11) is -3.56. The average Bonchev–Trinajstić information content (AvgIpc) is 3.07. The van der Waals surface area contributed by atoms with Gasteiger partial charge in [-0.1, -0.05) is 18.2 Å². The fourth-order valence-corrected chi connectivity index (χ4v) is 4.59. The Kier molecular flexibility index (Phi) is 6.10. The minimum Gasteiger partial charge on any atom is -0.348 e. The van der Waals surface area contributed by atoms with Crippen molar-refractivity contribution in [3.63, 3.8) is 0 Å². The maximum Gasteiger partial charge on any atom is 0.241 e. The van der Waals surface area contributed by atoms with Crippen molar-refractivity contribution in [2.24, 2.45) is 0 Å². The molecule has 0 unspecified atom stereocenters. The number of hydrogen-bond acceptors (Lipinski definition) is 3. The first kappa shape index (κ1) is 20.1. The summed E-state index contributed by atoms with van der Waals surface area (Å²) in [5.74, 6) is -0.327. The van der Waals surface area contributed by atoms with Crippen molar-refractivity contribution in [2.45, 2.75) is 32.2 Å². The van der Waals surface area contributed by atoms with Crippen molar-refractivity contribution in [3.8, 4) is 0 Å². The molecule has 0 radical (unpaired) electrons. The molecule has 1 aliphatic carbocycles. The topological polar surface area (TPSA) is 66.5 Å². The van der Waals surface area contributed by atoms with Crippen LogP contribution in [0.25, 0.3) is 0 Å². The summed E-state index contributed by atoms with van der Waals surface area (Å²) in [5.41, 5.74) is 4.27. The second-order valence-corrected chi connectivity index (χ2v) is 10.1. The number of amides is 1. The quantitative estimate of drug-likeness (QED) is 0.621. The highest BCUT2D eigenvalue weighted by atomic mass is 127. The molecule has 2 aromatic rings. The first-order valence-electron chi connectivity index (χ1n) is 8.88. The Morgan fingerprint density at radius 3 is 2.48 bits per heavy atom. The number of anilines is 1. The Hall–Kier alpha value is -1.61. The van der Waals surface area contributed by atoms with Gasteiger partial charge in [0, 0.05) is 3.57 Å². The van der Waals surface area contributed by atoms with Gasteiger partial charge in [0.2, 0.25) is 15.9 Å². The van der Waals surface area contributed by atoms with Gasteiger partial charge in [-0.15, -0.1) is 0 Å². The highest BCUT2D eigenvalue weighted by molar-refractivity contribution is 14.1. The van der Waals surface area contributed by atoms with Crippen LogP contribution in [0.2, 0.25) is 0 Å². The van der Waals surface area contributed by atoms with Gasteiger partial charge < -0.3 is 5.32 Å². The summed E-state index contributed by atoms with van der Waals surface area (Å²) in [4.78, 5) is 12.5. The van der Waals surface area contributed by atoms with Crippen LogP contribution >= 0.6 is 22.6 Å². The molecular weight excluding hydrogens is 475 g/mol. The SMILES string of the molecule is C[C@H](NC(=O)CN(c1ccc(I)cc1)S(C)(=O)=O)c1ccc2c(c1)CCC2. The van der Waals surface area contributed by atoms with E-state index in [9.17, 15) is 13.2 Å². The molecule has 7 heteroatoms. The minimum absolute atomic E-state index is 0.179. The Morgan fingerprint density at radius 1 is 1.15 bits per heavy atom. The van der Waals surface area contributed by atoms with Crippen molar-refractivity contribution < 1.29 is 13.2 Å². The summed E-state index contributed by atoms with van der Waals surface area (Å²) in [6.45, 7) is 1.68. The number of aryl methyl sites for hydroxylation is 2. The first-order chi connectivity index (χ1) is 12.7. The standard InChI is InChI=1S/C20H23IN2O3S/c1-14(16-7-6-15-4-3-5-17(15)12-16)22-20(24)13-23(27(2,25)26)19-10-8-18(21)9-11-19/h6-12,14H,3-5,13H2,1-2H3,(H,22,24)/t14-/m0/s1. The zero-order valence-corrected chi connectivity index (χ0v) is 18.4. The van der Waals surface area contributed by atoms with Gasteiger partial charge in [-0.2, -0.15) is 0 Å². The van der Waals surface area contributed by atoms with E-state index < -0.39 is 10.0 Å². The molecule has 0 aromatic heterocycles. The number of sulfonamides is 1. The molecule has 0 fully saturated rings. The number of nitrogens with one attached hydrogen (secondary N) is 1. The zero-order valence-electron chi connectivity index (χ0n) is 15.4. The highest BCUT2D eigenvalue weighted by Crippen LogP contribution is 2.25. The monoisotopic (exact) mass is 498 g/mol. The maximum absolute atomic E-state index is 12.5. The molecule has 5 nitrogen and oxygen atoms in total. The molecule has 3 rings (SSSR count). The number of fused-ring (bicyclic) bond motifs is 1. The van der Waals surface area contributed by atoms with Crippen LogP contribution in [-0.4, -0.2) is 27.1 Å². The van der Waals surface area contributed by atoms with Crippen molar-refractivity contribution in [3.05, 3.63) is 62.7 Å². The molecule has 1 N–H and O–H groups in total. The third kappa shape index (κ3) is 5.01. The third-order valence-electron chi connectivity index (χ3n) is 4.80. The van der Waals surface area contributed by atoms with Crippen LogP contribution in [0.4, 0.5) is 5.69 Å². The molecule has 1 aliphatic rings. The highest BCUT2D eigenvalue weighted by Gasteiger charge is 2.22. The molecule has 144 valence electrons. The molecule has 0 aliphatic heterocycles. The molecule has 0 saturated carbocycles. The molecular formula is C20H23IN2O3S. The number of nitrogens with zero attached hydrogens (tertiary/aromatic N) is 1. The van der Waals surface area contributed by atoms with Crippen LogP contribution in [0, 0.1) is 3.57 Å². The van der Waals surface area contributed by atoms with Gasteiger partial charge in [-0.05, 0) is 89.7 Å². The van der Waals surface area contributed by atoms with Crippen LogP contribution in [0.3, 0.4) is 0 Å². The minimum atomic E-state index is -3.56. The second-order valence-electron chi connectivity index (χ2n) is 6.92. The number of carbonyl (C=O) groups is 1. The van der Waals surface area contributed by atoms with E-state index in [1.54, 1.807) is 12.1 Å². The fourth-order valence-electron chi connectivity index (χ4n) is 3.37. The van der Waals surface area contributed by atoms with Gasteiger partial charge in [0.25, 0.3) is 0 Å². The van der Waals surface area contributed by atoms with Gasteiger partial charge in [-0.25, -0.2) is 8.42 Å². The fraction of sp³-hybridized carbons (Fsp3) is 0.350. The Morgan fingerprint density at radius 2 is 1.81 bits per heavy atom. The van der Waals surface area contributed by atoms with Gasteiger partial charge in [0.1, 0.15) is 6.54 Å². The zero-order chi connectivity index (χ0) is 19.6. The van der Waals surface area contributed by atoms with E-state index >= 15 is 0 Å². The van der Waals surface area contributed by atoms with E-state index in [0.29, 0.717) is 5.69 Å². The van der Waals surface area contributed by atoms with E-state index in [4.69, 9.17) is 0 Å². The Balaban J connectivity index is 1.71. The number of carbonyl (C=O) groups excluding carboxylic acids is 1. The van der Waals surface area contributed by atoms with Crippen molar-refractivity contribution in [1.82, 2.24) is 5.32 Å². The van der Waals surface area contributed by atoms with Crippen molar-refractivity contribution in [1.29, 1.82) is 0 Å². The Labute approximate surface area is 174 Å². The number of benzene rings is 2. The molecule has 1 atom stereocenters. The van der Waals surface area contributed by atoms with Gasteiger partial charge in [-0.3, -0.25) is 9.10 Å². The molecule has 2 aromatic carbocycles. The van der Waals surface area contributed by atoms with Crippen molar-refractivity contribution in [2.75, 3.05) is 17.1 Å². The summed E-state index contributed by atoms with van der Waals surface area (Å²) >= 11 is 2.15. The van der Waals surface area contributed by atoms with Crippen LogP contribution < -0.4 is 9.62 Å². The largest absolute Gasteiger partial charge is 0.348 e. The van der Waals surface area contributed by atoms with Crippen LogP contribution in [0.1, 0.15) is 36.1 Å². The smallest absolute Gasteiger partial charge is 0.241 e. The molecule has 0 bridgehead atoms. The van der Waals surface area contributed by atoms with Gasteiger partial charge in [0.15, 0.2) is 0 Å². The predicted molar refractivity (Wildman–Crippen MR) is 116 cm³/mol. The predicted octanol–water partition coefficient (Wildman–Crippen LogP) is 3.42. The van der Waals surface area contributed by atoms with E-state index in [-0.39, 0.29) is 18.5 Å². The van der Waals surface area contributed by atoms with Gasteiger partial charge >= 0.3 is 0 Å². The van der Waals surface area contributed by atoms with E-state index in [1.807, 2.05) is 25.1 Å². The third-order valence-corrected chi connectivity index (χ3v) is 6.66. The van der Waals surface area contributed by atoms with E-state index in [2.05, 4.69) is 40.0 Å². The lowest BCUT2D eigenvalue weighted by atomic mass is 10.0. The molecule has 0 saturated heterocycles. The summed E-state index contributed by atoms with van der Waals surface area (Å²) in [5, 5.41) is 2.92. The van der Waals surface area contributed by atoms with Crippen LogP contribution in [0.15, 0.2) is 42.5 Å². The summed E-state index contributed by atoms with van der Waals surface area (Å²) in [6, 6.07) is 13.2.